The predicted molar refractivity (Wildman–Crippen MR) is 77.9 cm³/mol. The molecule has 106 valence electrons. The zero-order chi connectivity index (χ0) is 14.8. The summed E-state index contributed by atoms with van der Waals surface area (Å²) in [5, 5.41) is 29.8. The molecule has 1 aromatic carbocycles. The molecule has 8 heteroatoms. The Morgan fingerprint density at radius 2 is 2.19 bits per heavy atom. The summed E-state index contributed by atoms with van der Waals surface area (Å²) in [4.78, 5) is 0. The van der Waals surface area contributed by atoms with Gasteiger partial charge in [-0.15, -0.1) is 5.10 Å². The van der Waals surface area contributed by atoms with Gasteiger partial charge in [-0.25, -0.2) is 5.10 Å². The molecule has 3 N–H and O–H groups in total. The minimum absolute atomic E-state index is 0.0270. The first-order valence-electron chi connectivity index (χ1n) is 5.93. The third-order valence-corrected chi connectivity index (χ3v) is 2.98. The summed E-state index contributed by atoms with van der Waals surface area (Å²) in [5.74, 6) is 0.808. The van der Waals surface area contributed by atoms with Crippen LogP contribution in [0.3, 0.4) is 0 Å². The number of rotatable bonds is 3. The minimum atomic E-state index is -0.0895. The highest BCUT2D eigenvalue weighted by molar-refractivity contribution is 7.71. The van der Waals surface area contributed by atoms with E-state index in [1.54, 1.807) is 12.1 Å². The zero-order valence-corrected chi connectivity index (χ0v) is 11.4. The fraction of sp³-hybridized carbons (Fsp3) is 0. The molecule has 7 nitrogen and oxygen atoms in total. The van der Waals surface area contributed by atoms with E-state index in [9.17, 15) is 10.2 Å². The molecule has 2 aromatic heterocycles. The number of nitrogens with one attached hydrogen (secondary N) is 1. The van der Waals surface area contributed by atoms with E-state index in [-0.39, 0.29) is 16.3 Å². The Morgan fingerprint density at radius 1 is 1.33 bits per heavy atom. The molecule has 2 heterocycles. The molecule has 0 aliphatic heterocycles. The van der Waals surface area contributed by atoms with Crippen molar-refractivity contribution in [2.75, 3.05) is 0 Å². The molecule has 0 unspecified atom stereocenters. The number of phenols is 2. The van der Waals surface area contributed by atoms with Gasteiger partial charge < -0.3 is 14.6 Å². The van der Waals surface area contributed by atoms with Crippen LogP contribution in [0.25, 0.3) is 11.6 Å². The van der Waals surface area contributed by atoms with Gasteiger partial charge in [0.05, 0.1) is 12.5 Å². The van der Waals surface area contributed by atoms with Gasteiger partial charge in [-0.1, -0.05) is 0 Å². The van der Waals surface area contributed by atoms with Gasteiger partial charge >= 0.3 is 0 Å². The number of nitrogens with zero attached hydrogens (tertiary/aromatic N) is 3. The molecular weight excluding hydrogens is 292 g/mol. The van der Waals surface area contributed by atoms with Crippen LogP contribution in [0.4, 0.5) is 0 Å². The van der Waals surface area contributed by atoms with Crippen molar-refractivity contribution < 1.29 is 14.6 Å². The average molecular weight is 302 g/mol. The first kappa shape index (κ1) is 13.1. The molecule has 0 amide bonds. The summed E-state index contributed by atoms with van der Waals surface area (Å²) in [5.41, 5.74) is 0.432. The second-order valence-corrected chi connectivity index (χ2v) is 4.52. The Hall–Kier alpha value is -2.87. The Labute approximate surface area is 123 Å². The van der Waals surface area contributed by atoms with Gasteiger partial charge in [0, 0.05) is 11.6 Å². The highest BCUT2D eigenvalue weighted by atomic mass is 32.1. The van der Waals surface area contributed by atoms with Crippen LogP contribution in [0.15, 0.2) is 46.1 Å². The van der Waals surface area contributed by atoms with E-state index in [0.717, 1.165) is 0 Å². The van der Waals surface area contributed by atoms with Crippen LogP contribution in [-0.4, -0.2) is 31.3 Å². The molecule has 0 spiro atoms. The van der Waals surface area contributed by atoms with Crippen LogP contribution in [-0.2, 0) is 0 Å². The van der Waals surface area contributed by atoms with Crippen molar-refractivity contribution in [3.8, 4) is 23.1 Å². The third-order valence-electron chi connectivity index (χ3n) is 2.72. The van der Waals surface area contributed by atoms with Gasteiger partial charge in [0.1, 0.15) is 11.5 Å². The van der Waals surface area contributed by atoms with Gasteiger partial charge in [0.25, 0.3) is 0 Å². The van der Waals surface area contributed by atoms with E-state index < -0.39 is 0 Å². The predicted octanol–water partition coefficient (Wildman–Crippen LogP) is 2.49. The zero-order valence-electron chi connectivity index (χ0n) is 10.6. The quantitative estimate of drug-likeness (QED) is 0.510. The molecule has 0 atom stereocenters. The van der Waals surface area contributed by atoms with Gasteiger partial charge in [-0.2, -0.15) is 9.78 Å². The van der Waals surface area contributed by atoms with Crippen molar-refractivity contribution in [2.24, 2.45) is 5.10 Å². The first-order valence-corrected chi connectivity index (χ1v) is 6.33. The molecule has 0 bridgehead atoms. The monoisotopic (exact) mass is 302 g/mol. The average Bonchev–Trinajstić information content (AvgIpc) is 3.08. The van der Waals surface area contributed by atoms with Crippen molar-refractivity contribution in [3.05, 3.63) is 46.9 Å². The second kappa shape index (κ2) is 5.25. The molecule has 3 rings (SSSR count). The lowest BCUT2D eigenvalue weighted by Gasteiger charge is -2.00. The van der Waals surface area contributed by atoms with E-state index in [1.165, 1.54) is 35.4 Å². The summed E-state index contributed by atoms with van der Waals surface area (Å²) in [7, 11) is 0. The van der Waals surface area contributed by atoms with Crippen LogP contribution >= 0.6 is 12.2 Å². The number of aromatic amines is 1. The maximum Gasteiger partial charge on any atom is 0.219 e. The number of H-pyrrole nitrogens is 1. The number of aromatic nitrogens is 3. The molecule has 0 radical (unpaired) electrons. The van der Waals surface area contributed by atoms with E-state index in [4.69, 9.17) is 16.6 Å². The van der Waals surface area contributed by atoms with Crippen molar-refractivity contribution >= 4 is 18.4 Å². The molecule has 0 aliphatic rings. The summed E-state index contributed by atoms with van der Waals surface area (Å²) >= 11 is 5.10. The molecule has 0 aliphatic carbocycles. The van der Waals surface area contributed by atoms with Gasteiger partial charge in [0.15, 0.2) is 5.76 Å². The molecule has 0 fully saturated rings. The Bertz CT molecular complexity index is 849. The van der Waals surface area contributed by atoms with E-state index in [0.29, 0.717) is 17.1 Å². The minimum Gasteiger partial charge on any atom is -0.508 e. The lowest BCUT2D eigenvalue weighted by molar-refractivity contribution is 0.450. The standard InChI is InChI=1S/C13H10N4O3S/c18-9-4-3-8(10(19)6-9)7-14-17-12(15-16-13(17)21)11-2-1-5-20-11/h1-7,18-19H,(H,16,21). The number of furan rings is 1. The Kier molecular flexibility index (Phi) is 3.28. The Morgan fingerprint density at radius 3 is 2.90 bits per heavy atom. The lowest BCUT2D eigenvalue weighted by atomic mass is 10.2. The van der Waals surface area contributed by atoms with Crippen LogP contribution in [0, 0.1) is 4.77 Å². The maximum absolute atomic E-state index is 9.71. The van der Waals surface area contributed by atoms with Crippen molar-refractivity contribution in [2.45, 2.75) is 0 Å². The SMILES string of the molecule is Oc1ccc(C=Nn2c(-c3ccco3)n[nH]c2=S)c(O)c1. The van der Waals surface area contributed by atoms with Crippen LogP contribution in [0.5, 0.6) is 11.5 Å². The summed E-state index contributed by atoms with van der Waals surface area (Å²) in [6.45, 7) is 0. The molecule has 21 heavy (non-hydrogen) atoms. The second-order valence-electron chi connectivity index (χ2n) is 4.13. The number of aromatic hydroxyl groups is 2. The molecule has 0 saturated heterocycles. The van der Waals surface area contributed by atoms with E-state index in [2.05, 4.69) is 15.3 Å². The highest BCUT2D eigenvalue weighted by Crippen LogP contribution is 2.21. The van der Waals surface area contributed by atoms with Crippen LogP contribution in [0.1, 0.15) is 5.56 Å². The maximum atomic E-state index is 9.71. The number of benzene rings is 1. The summed E-state index contributed by atoms with van der Waals surface area (Å²) < 4.78 is 6.92. The number of hydrogen-bond donors (Lipinski definition) is 3. The summed E-state index contributed by atoms with van der Waals surface area (Å²) in [6.07, 6.45) is 2.93. The van der Waals surface area contributed by atoms with Crippen LogP contribution in [0.2, 0.25) is 0 Å². The molecule has 0 saturated carbocycles. The van der Waals surface area contributed by atoms with Gasteiger partial charge in [-0.3, -0.25) is 0 Å². The number of phenolic OH excluding ortho intramolecular Hbond substituents is 2. The topological polar surface area (TPSA) is 99.6 Å². The smallest absolute Gasteiger partial charge is 0.219 e. The lowest BCUT2D eigenvalue weighted by Crippen LogP contribution is -1.94. The fourth-order valence-corrected chi connectivity index (χ4v) is 1.90. The van der Waals surface area contributed by atoms with E-state index in [1.807, 2.05) is 0 Å². The normalized spacial score (nSPS) is 11.2. The summed E-state index contributed by atoms with van der Waals surface area (Å²) in [6, 6.07) is 7.67. The van der Waals surface area contributed by atoms with Gasteiger partial charge in [-0.05, 0) is 36.5 Å². The highest BCUT2D eigenvalue weighted by Gasteiger charge is 2.10. The first-order chi connectivity index (χ1) is 10.1. The largest absolute Gasteiger partial charge is 0.508 e. The third kappa shape index (κ3) is 2.56. The van der Waals surface area contributed by atoms with Crippen molar-refractivity contribution in [3.63, 3.8) is 0 Å². The molecule has 3 aromatic rings. The Balaban J connectivity index is 2.00. The van der Waals surface area contributed by atoms with Crippen LogP contribution < -0.4 is 0 Å². The fourth-order valence-electron chi connectivity index (χ4n) is 1.73. The van der Waals surface area contributed by atoms with Gasteiger partial charge in [0.2, 0.25) is 10.6 Å². The van der Waals surface area contributed by atoms with Crippen molar-refractivity contribution in [1.82, 2.24) is 14.9 Å². The number of hydrogen-bond acceptors (Lipinski definition) is 6. The van der Waals surface area contributed by atoms with E-state index >= 15 is 0 Å². The van der Waals surface area contributed by atoms with Crippen molar-refractivity contribution in [1.29, 1.82) is 0 Å². The molecular formula is C13H10N4O3S.